The highest BCUT2D eigenvalue weighted by atomic mass is 16.1. The standard InChI is InChI=1S/C15H32N2O/c1-3-4-5-6-7-8-9-10-11-12-13-14(17-2)15(16)18/h14,17H,3-13H2,1-2H3,(H2,16,18). The number of primary amides is 1. The van der Waals surface area contributed by atoms with Crippen LogP contribution in [-0.4, -0.2) is 19.0 Å². The molecular formula is C15H32N2O. The Hall–Kier alpha value is -0.570. The van der Waals surface area contributed by atoms with Gasteiger partial charge in [0.25, 0.3) is 0 Å². The smallest absolute Gasteiger partial charge is 0.234 e. The molecule has 0 aromatic heterocycles. The van der Waals surface area contributed by atoms with Crippen LogP contribution in [0.3, 0.4) is 0 Å². The molecule has 0 rings (SSSR count). The van der Waals surface area contributed by atoms with E-state index in [1.807, 2.05) is 0 Å². The van der Waals surface area contributed by atoms with Gasteiger partial charge in [-0.2, -0.15) is 0 Å². The predicted octanol–water partition coefficient (Wildman–Crippen LogP) is 3.37. The molecule has 0 aromatic rings. The Bertz CT molecular complexity index is 195. The zero-order valence-electron chi connectivity index (χ0n) is 12.3. The highest BCUT2D eigenvalue weighted by Crippen LogP contribution is 2.11. The number of carbonyl (C=O) groups is 1. The molecule has 18 heavy (non-hydrogen) atoms. The number of hydrogen-bond acceptors (Lipinski definition) is 2. The van der Waals surface area contributed by atoms with Gasteiger partial charge in [0.05, 0.1) is 6.04 Å². The van der Waals surface area contributed by atoms with Crippen LogP contribution in [-0.2, 0) is 4.79 Å². The summed E-state index contributed by atoms with van der Waals surface area (Å²) < 4.78 is 0. The lowest BCUT2D eigenvalue weighted by Gasteiger charge is -2.11. The highest BCUT2D eigenvalue weighted by molar-refractivity contribution is 5.79. The zero-order valence-corrected chi connectivity index (χ0v) is 12.3. The van der Waals surface area contributed by atoms with E-state index in [1.165, 1.54) is 57.8 Å². The molecular weight excluding hydrogens is 224 g/mol. The van der Waals surface area contributed by atoms with Crippen molar-refractivity contribution in [3.8, 4) is 0 Å². The fourth-order valence-corrected chi connectivity index (χ4v) is 2.26. The van der Waals surface area contributed by atoms with Crippen LogP contribution < -0.4 is 11.1 Å². The van der Waals surface area contributed by atoms with E-state index >= 15 is 0 Å². The van der Waals surface area contributed by atoms with E-state index < -0.39 is 0 Å². The Morgan fingerprint density at radius 3 is 1.78 bits per heavy atom. The normalized spacial score (nSPS) is 12.6. The molecule has 0 radical (unpaired) electrons. The first-order chi connectivity index (χ1) is 8.72. The highest BCUT2D eigenvalue weighted by Gasteiger charge is 2.10. The van der Waals surface area contributed by atoms with Gasteiger partial charge in [0.15, 0.2) is 0 Å². The van der Waals surface area contributed by atoms with Gasteiger partial charge in [0.1, 0.15) is 0 Å². The average molecular weight is 256 g/mol. The van der Waals surface area contributed by atoms with E-state index in [0.29, 0.717) is 0 Å². The van der Waals surface area contributed by atoms with Crippen molar-refractivity contribution in [2.24, 2.45) is 5.73 Å². The van der Waals surface area contributed by atoms with Gasteiger partial charge in [-0.3, -0.25) is 4.79 Å². The molecule has 0 aliphatic rings. The maximum absolute atomic E-state index is 11.0. The number of unbranched alkanes of at least 4 members (excludes halogenated alkanes) is 9. The van der Waals surface area contributed by atoms with Gasteiger partial charge >= 0.3 is 0 Å². The molecule has 0 spiro atoms. The van der Waals surface area contributed by atoms with Crippen LogP contribution >= 0.6 is 0 Å². The minimum absolute atomic E-state index is 0.140. The third kappa shape index (κ3) is 10.6. The van der Waals surface area contributed by atoms with Crippen molar-refractivity contribution in [1.29, 1.82) is 0 Å². The van der Waals surface area contributed by atoms with Crippen molar-refractivity contribution in [2.45, 2.75) is 83.6 Å². The number of amides is 1. The van der Waals surface area contributed by atoms with Crippen LogP contribution in [0.4, 0.5) is 0 Å². The number of likely N-dealkylation sites (N-methyl/N-ethyl adjacent to an activating group) is 1. The molecule has 0 aliphatic heterocycles. The predicted molar refractivity (Wildman–Crippen MR) is 78.5 cm³/mol. The van der Waals surface area contributed by atoms with Gasteiger partial charge in [0, 0.05) is 0 Å². The molecule has 0 heterocycles. The fraction of sp³-hybridized carbons (Fsp3) is 0.933. The lowest BCUT2D eigenvalue weighted by Crippen LogP contribution is -2.38. The van der Waals surface area contributed by atoms with Gasteiger partial charge in [0.2, 0.25) is 5.91 Å². The molecule has 0 fully saturated rings. The summed E-state index contributed by atoms with van der Waals surface area (Å²) in [5.41, 5.74) is 5.27. The molecule has 108 valence electrons. The Morgan fingerprint density at radius 2 is 1.39 bits per heavy atom. The Morgan fingerprint density at radius 1 is 0.944 bits per heavy atom. The summed E-state index contributed by atoms with van der Waals surface area (Å²) in [6, 6.07) is -0.140. The van der Waals surface area contributed by atoms with Crippen LogP contribution in [0.1, 0.15) is 77.6 Å². The van der Waals surface area contributed by atoms with Crippen LogP contribution in [0.15, 0.2) is 0 Å². The van der Waals surface area contributed by atoms with E-state index in [-0.39, 0.29) is 11.9 Å². The summed E-state index contributed by atoms with van der Waals surface area (Å²) in [5, 5.41) is 2.96. The maximum atomic E-state index is 11.0. The minimum Gasteiger partial charge on any atom is -0.368 e. The molecule has 0 aromatic carbocycles. The van der Waals surface area contributed by atoms with Gasteiger partial charge in [-0.05, 0) is 13.5 Å². The quantitative estimate of drug-likeness (QED) is 0.496. The van der Waals surface area contributed by atoms with Crippen molar-refractivity contribution in [2.75, 3.05) is 7.05 Å². The number of carbonyl (C=O) groups excluding carboxylic acids is 1. The fourth-order valence-electron chi connectivity index (χ4n) is 2.26. The summed E-state index contributed by atoms with van der Waals surface area (Å²) in [5.74, 6) is -0.228. The second-order valence-corrected chi connectivity index (χ2v) is 5.21. The first-order valence-electron chi connectivity index (χ1n) is 7.69. The van der Waals surface area contributed by atoms with Crippen molar-refractivity contribution >= 4 is 5.91 Å². The summed E-state index contributed by atoms with van der Waals surface area (Å²) >= 11 is 0. The Labute approximate surface area is 113 Å². The lowest BCUT2D eigenvalue weighted by molar-refractivity contribution is -0.120. The van der Waals surface area contributed by atoms with E-state index in [9.17, 15) is 4.79 Å². The molecule has 3 nitrogen and oxygen atoms in total. The average Bonchev–Trinajstić information content (AvgIpc) is 2.35. The van der Waals surface area contributed by atoms with Crippen LogP contribution in [0.2, 0.25) is 0 Å². The van der Waals surface area contributed by atoms with Gasteiger partial charge in [-0.15, -0.1) is 0 Å². The number of hydrogen-bond donors (Lipinski definition) is 2. The Balaban J connectivity index is 3.18. The third-order valence-electron chi connectivity index (χ3n) is 3.54. The van der Waals surface area contributed by atoms with Crippen molar-refractivity contribution in [3.05, 3.63) is 0 Å². The first-order valence-corrected chi connectivity index (χ1v) is 7.69. The monoisotopic (exact) mass is 256 g/mol. The van der Waals surface area contributed by atoms with Gasteiger partial charge in [-0.1, -0.05) is 71.1 Å². The minimum atomic E-state index is -0.228. The maximum Gasteiger partial charge on any atom is 0.234 e. The van der Waals surface area contributed by atoms with E-state index in [1.54, 1.807) is 7.05 Å². The summed E-state index contributed by atoms with van der Waals surface area (Å²) in [7, 11) is 1.80. The second-order valence-electron chi connectivity index (χ2n) is 5.21. The summed E-state index contributed by atoms with van der Waals surface area (Å²) in [6.07, 6.45) is 14.1. The van der Waals surface area contributed by atoms with Gasteiger partial charge < -0.3 is 11.1 Å². The van der Waals surface area contributed by atoms with Crippen LogP contribution in [0.25, 0.3) is 0 Å². The molecule has 1 amide bonds. The molecule has 3 heteroatoms. The molecule has 0 saturated carbocycles. The number of rotatable bonds is 13. The molecule has 0 aliphatic carbocycles. The molecule has 1 unspecified atom stereocenters. The van der Waals surface area contributed by atoms with Crippen LogP contribution in [0, 0.1) is 0 Å². The van der Waals surface area contributed by atoms with E-state index in [0.717, 1.165) is 12.8 Å². The second kappa shape index (κ2) is 12.9. The molecule has 0 bridgehead atoms. The first kappa shape index (κ1) is 17.4. The van der Waals surface area contributed by atoms with Crippen molar-refractivity contribution in [1.82, 2.24) is 5.32 Å². The molecule has 3 N–H and O–H groups in total. The summed E-state index contributed by atoms with van der Waals surface area (Å²) in [4.78, 5) is 11.0. The SMILES string of the molecule is CCCCCCCCCCCCC(NC)C(N)=O. The number of nitrogens with one attached hydrogen (secondary N) is 1. The lowest BCUT2D eigenvalue weighted by atomic mass is 10.0. The topological polar surface area (TPSA) is 55.1 Å². The zero-order chi connectivity index (χ0) is 13.6. The Kier molecular flexibility index (Phi) is 12.5. The molecule has 0 saturated heterocycles. The van der Waals surface area contributed by atoms with Gasteiger partial charge in [-0.25, -0.2) is 0 Å². The summed E-state index contributed by atoms with van der Waals surface area (Å²) in [6.45, 7) is 2.25. The largest absolute Gasteiger partial charge is 0.368 e. The third-order valence-corrected chi connectivity index (χ3v) is 3.54. The van der Waals surface area contributed by atoms with Crippen LogP contribution in [0.5, 0.6) is 0 Å². The van der Waals surface area contributed by atoms with Crippen molar-refractivity contribution < 1.29 is 4.79 Å². The number of nitrogens with two attached hydrogens (primary N) is 1. The van der Waals surface area contributed by atoms with Crippen molar-refractivity contribution in [3.63, 3.8) is 0 Å². The van der Waals surface area contributed by atoms with E-state index in [4.69, 9.17) is 5.73 Å². The molecule has 1 atom stereocenters. The van der Waals surface area contributed by atoms with E-state index in [2.05, 4.69) is 12.2 Å².